The van der Waals surface area contributed by atoms with Gasteiger partial charge in [0.05, 0.1) is 25.5 Å². The van der Waals surface area contributed by atoms with Crippen molar-refractivity contribution in [3.8, 4) is 16.9 Å². The smallest absolute Gasteiger partial charge is 0.246 e. The van der Waals surface area contributed by atoms with Crippen LogP contribution in [0.4, 0.5) is 5.95 Å². The van der Waals surface area contributed by atoms with E-state index in [9.17, 15) is 9.59 Å². The molecular formula is C28H32ClN5O3. The third kappa shape index (κ3) is 6.57. The third-order valence-electron chi connectivity index (χ3n) is 6.77. The lowest BCUT2D eigenvalue weighted by Crippen LogP contribution is -2.45. The Hall–Kier alpha value is -3.20. The number of nitrogens with zero attached hydrogens (tertiary/aromatic N) is 4. The van der Waals surface area contributed by atoms with Crippen LogP contribution in [-0.2, 0) is 14.3 Å². The molecule has 2 heterocycles. The number of aryl methyl sites for hydroxylation is 1. The van der Waals surface area contributed by atoms with Crippen molar-refractivity contribution < 1.29 is 14.3 Å². The Kier molecular flexibility index (Phi) is 7.88. The van der Waals surface area contributed by atoms with Gasteiger partial charge in [-0.15, -0.1) is 0 Å². The topological polar surface area (TPSA) is 79.7 Å². The van der Waals surface area contributed by atoms with Gasteiger partial charge in [-0.3, -0.25) is 24.4 Å². The van der Waals surface area contributed by atoms with E-state index in [1.165, 1.54) is 0 Å². The number of morpholine rings is 1. The second-order valence-electron chi connectivity index (χ2n) is 9.70. The number of hydrogen-bond acceptors (Lipinski definition) is 5. The molecule has 1 saturated carbocycles. The predicted octanol–water partition coefficient (Wildman–Crippen LogP) is 4.01. The molecule has 0 unspecified atom stereocenters. The van der Waals surface area contributed by atoms with E-state index >= 15 is 0 Å². The van der Waals surface area contributed by atoms with Crippen molar-refractivity contribution in [2.24, 2.45) is 5.92 Å². The first-order valence-corrected chi connectivity index (χ1v) is 13.2. The van der Waals surface area contributed by atoms with E-state index in [1.807, 2.05) is 66.2 Å². The highest BCUT2D eigenvalue weighted by Gasteiger charge is 2.34. The second-order valence-corrected chi connectivity index (χ2v) is 10.1. The van der Waals surface area contributed by atoms with Crippen molar-refractivity contribution in [1.29, 1.82) is 0 Å². The molecule has 0 atom stereocenters. The van der Waals surface area contributed by atoms with Crippen LogP contribution in [0.3, 0.4) is 0 Å². The number of imidazole rings is 1. The SMILES string of the molecule is Cc1ccc(-n2cc(-c3ccc(Cl)cc3)nc2NC(=O)CN(CCN2CCOCC2)C(=O)C2CC2)cc1. The van der Waals surface area contributed by atoms with E-state index in [2.05, 4.69) is 10.2 Å². The first kappa shape index (κ1) is 25.4. The Morgan fingerprint density at radius 2 is 1.78 bits per heavy atom. The molecule has 3 aromatic rings. The number of anilines is 1. The van der Waals surface area contributed by atoms with E-state index < -0.39 is 0 Å². The summed E-state index contributed by atoms with van der Waals surface area (Å²) in [6.07, 6.45) is 3.70. The molecule has 1 aliphatic carbocycles. The molecule has 2 aromatic carbocycles. The van der Waals surface area contributed by atoms with Gasteiger partial charge in [-0.2, -0.15) is 0 Å². The average molecular weight is 522 g/mol. The Labute approximate surface area is 222 Å². The molecule has 37 heavy (non-hydrogen) atoms. The fraction of sp³-hybridized carbons (Fsp3) is 0.393. The van der Waals surface area contributed by atoms with Gasteiger partial charge < -0.3 is 9.64 Å². The fourth-order valence-electron chi connectivity index (χ4n) is 4.41. The monoisotopic (exact) mass is 521 g/mol. The summed E-state index contributed by atoms with van der Waals surface area (Å²) in [4.78, 5) is 34.9. The molecule has 1 aromatic heterocycles. The molecule has 0 bridgehead atoms. The molecule has 8 nitrogen and oxygen atoms in total. The molecule has 2 aliphatic rings. The van der Waals surface area contributed by atoms with Crippen molar-refractivity contribution in [1.82, 2.24) is 19.4 Å². The van der Waals surface area contributed by atoms with Crippen molar-refractivity contribution in [3.63, 3.8) is 0 Å². The zero-order valence-corrected chi connectivity index (χ0v) is 21.8. The number of halogens is 1. The maximum absolute atomic E-state index is 13.2. The molecule has 1 saturated heterocycles. The minimum Gasteiger partial charge on any atom is -0.379 e. The standard InChI is InChI=1S/C28H32ClN5O3/c1-20-2-10-24(11-3-20)34-18-25(21-6-8-23(29)9-7-21)30-28(34)31-26(35)19-33(27(36)22-4-5-22)13-12-32-14-16-37-17-15-32/h2-3,6-11,18,22H,4-5,12-17,19H2,1H3,(H,30,31,35). The van der Waals surface area contributed by atoms with Gasteiger partial charge in [-0.25, -0.2) is 4.98 Å². The highest BCUT2D eigenvalue weighted by Crippen LogP contribution is 2.31. The fourth-order valence-corrected chi connectivity index (χ4v) is 4.54. The van der Waals surface area contributed by atoms with Crippen LogP contribution in [0, 0.1) is 12.8 Å². The summed E-state index contributed by atoms with van der Waals surface area (Å²) >= 11 is 6.07. The van der Waals surface area contributed by atoms with E-state index in [0.29, 0.717) is 36.4 Å². The van der Waals surface area contributed by atoms with Crippen LogP contribution in [0.1, 0.15) is 18.4 Å². The van der Waals surface area contributed by atoms with Crippen LogP contribution in [0.15, 0.2) is 54.7 Å². The van der Waals surface area contributed by atoms with Crippen molar-refractivity contribution in [2.45, 2.75) is 19.8 Å². The number of rotatable bonds is 9. The predicted molar refractivity (Wildman–Crippen MR) is 144 cm³/mol. The van der Waals surface area contributed by atoms with Gasteiger partial charge in [0, 0.05) is 54.6 Å². The van der Waals surface area contributed by atoms with Crippen LogP contribution < -0.4 is 5.32 Å². The maximum atomic E-state index is 13.2. The van der Waals surface area contributed by atoms with Crippen LogP contribution in [0.5, 0.6) is 0 Å². The zero-order valence-electron chi connectivity index (χ0n) is 21.0. The van der Waals surface area contributed by atoms with E-state index in [4.69, 9.17) is 21.3 Å². The largest absolute Gasteiger partial charge is 0.379 e. The molecule has 2 amide bonds. The Balaban J connectivity index is 1.34. The highest BCUT2D eigenvalue weighted by atomic mass is 35.5. The van der Waals surface area contributed by atoms with Gasteiger partial charge in [0.1, 0.15) is 0 Å². The number of aromatic nitrogens is 2. The molecule has 2 fully saturated rings. The molecule has 1 N–H and O–H groups in total. The van der Waals surface area contributed by atoms with Crippen molar-refractivity contribution in [2.75, 3.05) is 51.3 Å². The van der Waals surface area contributed by atoms with Gasteiger partial charge >= 0.3 is 0 Å². The van der Waals surface area contributed by atoms with E-state index in [1.54, 1.807) is 4.90 Å². The Morgan fingerprint density at radius 1 is 1.08 bits per heavy atom. The summed E-state index contributed by atoms with van der Waals surface area (Å²) in [7, 11) is 0. The Bertz CT molecular complexity index is 1230. The number of ether oxygens (including phenoxy) is 1. The van der Waals surface area contributed by atoms with Crippen LogP contribution in [0.2, 0.25) is 5.02 Å². The summed E-state index contributed by atoms with van der Waals surface area (Å²) in [5.41, 5.74) is 3.63. The maximum Gasteiger partial charge on any atom is 0.246 e. The summed E-state index contributed by atoms with van der Waals surface area (Å²) < 4.78 is 7.29. The summed E-state index contributed by atoms with van der Waals surface area (Å²) in [6.45, 7) is 6.37. The normalized spacial score (nSPS) is 15.9. The van der Waals surface area contributed by atoms with Gasteiger partial charge in [0.25, 0.3) is 0 Å². The van der Waals surface area contributed by atoms with Gasteiger partial charge in [-0.05, 0) is 44.0 Å². The summed E-state index contributed by atoms with van der Waals surface area (Å²) in [5, 5.41) is 3.61. The summed E-state index contributed by atoms with van der Waals surface area (Å²) in [5.74, 6) is 0.249. The molecule has 0 spiro atoms. The minimum atomic E-state index is -0.266. The van der Waals surface area contributed by atoms with E-state index in [-0.39, 0.29) is 24.3 Å². The van der Waals surface area contributed by atoms with Gasteiger partial charge in [0.2, 0.25) is 17.8 Å². The Morgan fingerprint density at radius 3 is 2.46 bits per heavy atom. The molecule has 194 valence electrons. The first-order valence-electron chi connectivity index (χ1n) is 12.8. The lowest BCUT2D eigenvalue weighted by Gasteiger charge is -2.30. The molecular weight excluding hydrogens is 490 g/mol. The van der Waals surface area contributed by atoms with Crippen molar-refractivity contribution in [3.05, 3.63) is 65.3 Å². The van der Waals surface area contributed by atoms with Crippen molar-refractivity contribution >= 4 is 29.4 Å². The molecule has 5 rings (SSSR count). The zero-order chi connectivity index (χ0) is 25.8. The highest BCUT2D eigenvalue weighted by molar-refractivity contribution is 6.30. The first-order chi connectivity index (χ1) is 18.0. The van der Waals surface area contributed by atoms with Gasteiger partial charge in [-0.1, -0.05) is 41.4 Å². The average Bonchev–Trinajstić information content (AvgIpc) is 3.68. The molecule has 9 heteroatoms. The lowest BCUT2D eigenvalue weighted by atomic mass is 10.2. The third-order valence-corrected chi connectivity index (χ3v) is 7.02. The van der Waals surface area contributed by atoms with Crippen LogP contribution in [-0.4, -0.2) is 77.1 Å². The number of carbonyl (C=O) groups is 2. The number of carbonyl (C=O) groups excluding carboxylic acids is 2. The number of nitrogens with one attached hydrogen (secondary N) is 1. The summed E-state index contributed by atoms with van der Waals surface area (Å²) in [6, 6.07) is 15.4. The molecule has 0 radical (unpaired) electrons. The van der Waals surface area contributed by atoms with Crippen LogP contribution in [0.25, 0.3) is 16.9 Å². The van der Waals surface area contributed by atoms with E-state index in [0.717, 1.165) is 49.3 Å². The number of benzene rings is 2. The molecule has 1 aliphatic heterocycles. The second kappa shape index (κ2) is 11.5. The number of amides is 2. The van der Waals surface area contributed by atoms with Gasteiger partial charge in [0.15, 0.2) is 0 Å². The number of hydrogen-bond donors (Lipinski definition) is 1. The van der Waals surface area contributed by atoms with Crippen LogP contribution >= 0.6 is 11.6 Å². The quantitative estimate of drug-likeness (QED) is 0.460. The lowest BCUT2D eigenvalue weighted by molar-refractivity contribution is -0.136. The minimum absolute atomic E-state index is 0.00326.